The van der Waals surface area contributed by atoms with Crippen molar-refractivity contribution in [1.82, 2.24) is 10.2 Å². The molecule has 5 heteroatoms. The highest BCUT2D eigenvalue weighted by Gasteiger charge is 2.30. The monoisotopic (exact) mass is 202 g/mol. The zero-order valence-corrected chi connectivity index (χ0v) is 8.75. The number of aliphatic hydroxyl groups is 1. The van der Waals surface area contributed by atoms with Crippen LogP contribution in [-0.4, -0.2) is 55.5 Å². The SMILES string of the molecule is CN(C)C(=O)NCC1(O)CCOCC1. The Morgan fingerprint density at radius 1 is 1.50 bits per heavy atom. The first kappa shape index (κ1) is 11.3. The van der Waals surface area contributed by atoms with Gasteiger partial charge in [0.15, 0.2) is 0 Å². The molecular weight excluding hydrogens is 184 g/mol. The van der Waals surface area contributed by atoms with Crippen LogP contribution < -0.4 is 5.32 Å². The van der Waals surface area contributed by atoms with Gasteiger partial charge in [-0.1, -0.05) is 0 Å². The maximum absolute atomic E-state index is 11.2. The maximum atomic E-state index is 11.2. The van der Waals surface area contributed by atoms with Gasteiger partial charge < -0.3 is 20.1 Å². The molecule has 2 amide bonds. The number of hydrogen-bond donors (Lipinski definition) is 2. The molecule has 0 radical (unpaired) electrons. The van der Waals surface area contributed by atoms with Crippen molar-refractivity contribution in [2.24, 2.45) is 0 Å². The van der Waals surface area contributed by atoms with E-state index in [0.717, 1.165) is 0 Å². The van der Waals surface area contributed by atoms with Crippen LogP contribution in [0.2, 0.25) is 0 Å². The van der Waals surface area contributed by atoms with Gasteiger partial charge in [-0.05, 0) is 0 Å². The zero-order chi connectivity index (χ0) is 10.6. The molecule has 1 heterocycles. The van der Waals surface area contributed by atoms with Gasteiger partial charge in [-0.25, -0.2) is 4.79 Å². The lowest BCUT2D eigenvalue weighted by molar-refractivity contribution is -0.0603. The first-order valence-corrected chi connectivity index (χ1v) is 4.79. The topological polar surface area (TPSA) is 61.8 Å². The van der Waals surface area contributed by atoms with Crippen LogP contribution in [0.15, 0.2) is 0 Å². The van der Waals surface area contributed by atoms with E-state index in [1.165, 1.54) is 4.90 Å². The summed E-state index contributed by atoms with van der Waals surface area (Å²) in [6.45, 7) is 1.43. The minimum absolute atomic E-state index is 0.176. The summed E-state index contributed by atoms with van der Waals surface area (Å²) >= 11 is 0. The molecule has 0 unspecified atom stereocenters. The molecular formula is C9H18N2O3. The molecule has 82 valence electrons. The molecule has 2 N–H and O–H groups in total. The second-order valence-corrected chi connectivity index (χ2v) is 3.89. The van der Waals surface area contributed by atoms with Gasteiger partial charge in [-0.2, -0.15) is 0 Å². The average molecular weight is 202 g/mol. The molecule has 0 spiro atoms. The van der Waals surface area contributed by atoms with E-state index in [-0.39, 0.29) is 6.03 Å². The molecule has 1 aliphatic rings. The van der Waals surface area contributed by atoms with E-state index in [1.807, 2.05) is 0 Å². The third-order valence-electron chi connectivity index (χ3n) is 2.40. The smallest absolute Gasteiger partial charge is 0.316 e. The summed E-state index contributed by atoms with van der Waals surface area (Å²) < 4.78 is 5.14. The number of rotatable bonds is 2. The Hall–Kier alpha value is -0.810. The van der Waals surface area contributed by atoms with Crippen LogP contribution in [0.4, 0.5) is 4.79 Å². The number of carbonyl (C=O) groups excluding carboxylic acids is 1. The second kappa shape index (κ2) is 4.61. The molecule has 0 atom stereocenters. The molecule has 0 bridgehead atoms. The Balaban J connectivity index is 2.32. The molecule has 0 aromatic heterocycles. The van der Waals surface area contributed by atoms with Crippen LogP contribution in [0.5, 0.6) is 0 Å². The van der Waals surface area contributed by atoms with Crippen molar-refractivity contribution in [3.63, 3.8) is 0 Å². The van der Waals surface area contributed by atoms with Crippen molar-refractivity contribution < 1.29 is 14.6 Å². The number of urea groups is 1. The third-order valence-corrected chi connectivity index (χ3v) is 2.40. The predicted octanol–water partition coefficient (Wildman–Crippen LogP) is -0.201. The van der Waals surface area contributed by atoms with E-state index in [0.29, 0.717) is 32.6 Å². The van der Waals surface area contributed by atoms with E-state index in [1.54, 1.807) is 14.1 Å². The van der Waals surface area contributed by atoms with Gasteiger partial charge in [0, 0.05) is 46.7 Å². The fourth-order valence-corrected chi connectivity index (χ4v) is 1.33. The van der Waals surface area contributed by atoms with E-state index >= 15 is 0 Å². The van der Waals surface area contributed by atoms with Crippen molar-refractivity contribution in [2.75, 3.05) is 33.9 Å². The number of nitrogens with one attached hydrogen (secondary N) is 1. The molecule has 0 aromatic carbocycles. The maximum Gasteiger partial charge on any atom is 0.316 e. The summed E-state index contributed by atoms with van der Waals surface area (Å²) in [5.41, 5.74) is -0.788. The van der Waals surface area contributed by atoms with E-state index in [9.17, 15) is 9.90 Å². The molecule has 0 aliphatic carbocycles. The largest absolute Gasteiger partial charge is 0.388 e. The number of nitrogens with zero attached hydrogens (tertiary/aromatic N) is 1. The number of hydrogen-bond acceptors (Lipinski definition) is 3. The summed E-state index contributed by atoms with van der Waals surface area (Å²) in [5.74, 6) is 0. The molecule has 14 heavy (non-hydrogen) atoms. The predicted molar refractivity (Wildman–Crippen MR) is 52.1 cm³/mol. The molecule has 1 saturated heterocycles. The highest BCUT2D eigenvalue weighted by atomic mass is 16.5. The van der Waals surface area contributed by atoms with Crippen LogP contribution >= 0.6 is 0 Å². The van der Waals surface area contributed by atoms with Crippen LogP contribution in [0, 0.1) is 0 Å². The standard InChI is InChI=1S/C9H18N2O3/c1-11(2)8(12)10-7-9(13)3-5-14-6-4-9/h13H,3-7H2,1-2H3,(H,10,12). The van der Waals surface area contributed by atoms with Crippen LogP contribution in [0.1, 0.15) is 12.8 Å². The third kappa shape index (κ3) is 3.16. The molecule has 1 fully saturated rings. The Bertz CT molecular complexity index is 200. The fraction of sp³-hybridized carbons (Fsp3) is 0.889. The fourth-order valence-electron chi connectivity index (χ4n) is 1.33. The summed E-state index contributed by atoms with van der Waals surface area (Å²) in [4.78, 5) is 12.6. The highest BCUT2D eigenvalue weighted by Crippen LogP contribution is 2.19. The van der Waals surface area contributed by atoms with Crippen LogP contribution in [0.25, 0.3) is 0 Å². The van der Waals surface area contributed by atoms with Gasteiger partial charge >= 0.3 is 6.03 Å². The lowest BCUT2D eigenvalue weighted by Gasteiger charge is -2.32. The van der Waals surface area contributed by atoms with Gasteiger partial charge in [0.1, 0.15) is 0 Å². The van der Waals surface area contributed by atoms with Gasteiger partial charge in [0.25, 0.3) is 0 Å². The molecule has 1 rings (SSSR count). The van der Waals surface area contributed by atoms with Crippen molar-refractivity contribution >= 4 is 6.03 Å². The zero-order valence-electron chi connectivity index (χ0n) is 8.75. The molecule has 0 aromatic rings. The van der Waals surface area contributed by atoms with Crippen molar-refractivity contribution in [3.05, 3.63) is 0 Å². The van der Waals surface area contributed by atoms with E-state index in [2.05, 4.69) is 5.32 Å². The summed E-state index contributed by atoms with van der Waals surface area (Å²) in [6, 6.07) is -0.176. The first-order chi connectivity index (χ1) is 6.53. The Labute approximate surface area is 84.0 Å². The summed E-state index contributed by atoms with van der Waals surface area (Å²) in [7, 11) is 3.34. The quantitative estimate of drug-likeness (QED) is 0.652. The molecule has 0 saturated carbocycles. The number of carbonyl (C=O) groups is 1. The minimum atomic E-state index is -0.788. The normalized spacial score (nSPS) is 20.2. The van der Waals surface area contributed by atoms with Gasteiger partial charge in [-0.3, -0.25) is 0 Å². The van der Waals surface area contributed by atoms with Gasteiger partial charge in [0.05, 0.1) is 5.60 Å². The summed E-state index contributed by atoms with van der Waals surface area (Å²) in [6.07, 6.45) is 1.17. The van der Waals surface area contributed by atoms with Gasteiger partial charge in [0.2, 0.25) is 0 Å². The first-order valence-electron chi connectivity index (χ1n) is 4.79. The van der Waals surface area contributed by atoms with Crippen molar-refractivity contribution in [2.45, 2.75) is 18.4 Å². The Kier molecular flexibility index (Phi) is 3.71. The van der Waals surface area contributed by atoms with E-state index < -0.39 is 5.60 Å². The van der Waals surface area contributed by atoms with Crippen molar-refractivity contribution in [1.29, 1.82) is 0 Å². The highest BCUT2D eigenvalue weighted by molar-refractivity contribution is 5.73. The lowest BCUT2D eigenvalue weighted by atomic mass is 9.94. The molecule has 1 aliphatic heterocycles. The van der Waals surface area contributed by atoms with Crippen LogP contribution in [0.3, 0.4) is 0 Å². The number of ether oxygens (including phenoxy) is 1. The van der Waals surface area contributed by atoms with Crippen molar-refractivity contribution in [3.8, 4) is 0 Å². The lowest BCUT2D eigenvalue weighted by Crippen LogP contribution is -2.48. The average Bonchev–Trinajstić information content (AvgIpc) is 2.15. The van der Waals surface area contributed by atoms with Crippen LogP contribution in [-0.2, 0) is 4.74 Å². The Morgan fingerprint density at radius 3 is 2.57 bits per heavy atom. The van der Waals surface area contributed by atoms with E-state index in [4.69, 9.17) is 4.74 Å². The summed E-state index contributed by atoms with van der Waals surface area (Å²) in [5, 5.41) is 12.7. The number of amides is 2. The minimum Gasteiger partial charge on any atom is -0.388 e. The molecule has 5 nitrogen and oxygen atoms in total. The Morgan fingerprint density at radius 2 is 2.07 bits per heavy atom. The van der Waals surface area contributed by atoms with Gasteiger partial charge in [-0.15, -0.1) is 0 Å². The second-order valence-electron chi connectivity index (χ2n) is 3.89.